The number of ether oxygens (including phenoxy) is 1. The minimum atomic E-state index is 0.391. The number of nitrogens with one attached hydrogen (secondary N) is 1. The minimum absolute atomic E-state index is 0.391. The van der Waals surface area contributed by atoms with Crippen LogP contribution in [0.5, 0.6) is 0 Å². The summed E-state index contributed by atoms with van der Waals surface area (Å²) < 4.78 is 6.11. The standard InChI is InChI=1S/C19H29NO/c1-15(21-14-16-6-3-2-4-7-16)17-9-11-18(12-10-17)19-8-5-13-20-19/h2-4,6-7,15,17-20H,5,8-14H2,1H3. The van der Waals surface area contributed by atoms with Gasteiger partial charge in [0.25, 0.3) is 0 Å². The Kier molecular flexibility index (Phi) is 5.32. The van der Waals surface area contributed by atoms with Gasteiger partial charge in [0.05, 0.1) is 12.7 Å². The summed E-state index contributed by atoms with van der Waals surface area (Å²) in [4.78, 5) is 0. The van der Waals surface area contributed by atoms with Gasteiger partial charge in [-0.25, -0.2) is 0 Å². The maximum absolute atomic E-state index is 6.11. The lowest BCUT2D eigenvalue weighted by Crippen LogP contribution is -2.35. The molecular formula is C19H29NO. The van der Waals surface area contributed by atoms with E-state index in [1.165, 1.54) is 50.6 Å². The summed E-state index contributed by atoms with van der Waals surface area (Å²) >= 11 is 0. The van der Waals surface area contributed by atoms with Crippen LogP contribution < -0.4 is 5.32 Å². The van der Waals surface area contributed by atoms with Crippen molar-refractivity contribution in [1.82, 2.24) is 5.32 Å². The molecule has 1 aromatic rings. The number of hydrogen-bond acceptors (Lipinski definition) is 2. The molecule has 0 aromatic heterocycles. The van der Waals surface area contributed by atoms with Crippen LogP contribution in [-0.2, 0) is 11.3 Å². The van der Waals surface area contributed by atoms with Crippen LogP contribution >= 0.6 is 0 Å². The first-order valence-corrected chi connectivity index (χ1v) is 8.72. The van der Waals surface area contributed by atoms with E-state index in [1.807, 2.05) is 0 Å². The van der Waals surface area contributed by atoms with Crippen molar-refractivity contribution in [2.75, 3.05) is 6.54 Å². The van der Waals surface area contributed by atoms with Crippen molar-refractivity contribution in [2.45, 2.75) is 64.2 Å². The molecule has 2 nitrogen and oxygen atoms in total. The topological polar surface area (TPSA) is 21.3 Å². The summed E-state index contributed by atoms with van der Waals surface area (Å²) in [6.07, 6.45) is 8.64. The van der Waals surface area contributed by atoms with Gasteiger partial charge in [0.2, 0.25) is 0 Å². The van der Waals surface area contributed by atoms with Crippen LogP contribution in [0, 0.1) is 11.8 Å². The number of benzene rings is 1. The molecule has 1 saturated carbocycles. The summed E-state index contributed by atoms with van der Waals surface area (Å²) in [5.41, 5.74) is 1.29. The van der Waals surface area contributed by atoms with Gasteiger partial charge >= 0.3 is 0 Å². The lowest BCUT2D eigenvalue weighted by molar-refractivity contribution is -0.00434. The van der Waals surface area contributed by atoms with Crippen LogP contribution in [0.4, 0.5) is 0 Å². The van der Waals surface area contributed by atoms with Crippen molar-refractivity contribution >= 4 is 0 Å². The van der Waals surface area contributed by atoms with Crippen molar-refractivity contribution in [3.8, 4) is 0 Å². The summed E-state index contributed by atoms with van der Waals surface area (Å²) in [5.74, 6) is 1.68. The van der Waals surface area contributed by atoms with Crippen LogP contribution in [0.1, 0.15) is 51.0 Å². The number of hydrogen-bond donors (Lipinski definition) is 1. The maximum Gasteiger partial charge on any atom is 0.0720 e. The predicted octanol–water partition coefficient (Wildman–Crippen LogP) is 4.15. The first-order chi connectivity index (χ1) is 10.3. The average molecular weight is 287 g/mol. The molecule has 0 bridgehead atoms. The van der Waals surface area contributed by atoms with Crippen LogP contribution in [0.3, 0.4) is 0 Å². The highest BCUT2D eigenvalue weighted by atomic mass is 16.5. The Balaban J connectivity index is 1.41. The lowest BCUT2D eigenvalue weighted by Gasteiger charge is -2.35. The van der Waals surface area contributed by atoms with Crippen molar-refractivity contribution in [1.29, 1.82) is 0 Å². The van der Waals surface area contributed by atoms with E-state index in [0.717, 1.165) is 24.5 Å². The molecule has 1 aliphatic heterocycles. The third-order valence-electron chi connectivity index (χ3n) is 5.50. The Labute approximate surface area is 129 Å². The van der Waals surface area contributed by atoms with Crippen molar-refractivity contribution in [3.05, 3.63) is 35.9 Å². The normalized spacial score (nSPS) is 31.2. The molecule has 21 heavy (non-hydrogen) atoms. The molecule has 0 spiro atoms. The highest BCUT2D eigenvalue weighted by Gasteiger charge is 2.31. The molecule has 1 aromatic carbocycles. The van der Waals surface area contributed by atoms with Crippen LogP contribution in [0.15, 0.2) is 30.3 Å². The van der Waals surface area contributed by atoms with E-state index in [1.54, 1.807) is 0 Å². The Hall–Kier alpha value is -0.860. The average Bonchev–Trinajstić information content (AvgIpc) is 3.08. The van der Waals surface area contributed by atoms with E-state index in [2.05, 4.69) is 42.6 Å². The van der Waals surface area contributed by atoms with Gasteiger partial charge < -0.3 is 10.1 Å². The van der Waals surface area contributed by atoms with Gasteiger partial charge in [0.15, 0.2) is 0 Å². The molecule has 2 heteroatoms. The Morgan fingerprint density at radius 3 is 2.52 bits per heavy atom. The molecular weight excluding hydrogens is 258 g/mol. The highest BCUT2D eigenvalue weighted by molar-refractivity contribution is 5.13. The first kappa shape index (κ1) is 15.1. The van der Waals surface area contributed by atoms with Crippen molar-refractivity contribution < 1.29 is 4.74 Å². The second-order valence-corrected chi connectivity index (χ2v) is 6.88. The molecule has 1 aliphatic carbocycles. The van der Waals surface area contributed by atoms with E-state index in [0.29, 0.717) is 6.10 Å². The minimum Gasteiger partial charge on any atom is -0.374 e. The van der Waals surface area contributed by atoms with Crippen LogP contribution in [0.25, 0.3) is 0 Å². The zero-order chi connectivity index (χ0) is 14.5. The zero-order valence-corrected chi connectivity index (χ0v) is 13.3. The molecule has 1 N–H and O–H groups in total. The van der Waals surface area contributed by atoms with Crippen LogP contribution in [-0.4, -0.2) is 18.7 Å². The van der Waals surface area contributed by atoms with E-state index in [9.17, 15) is 0 Å². The van der Waals surface area contributed by atoms with Gasteiger partial charge in [-0.15, -0.1) is 0 Å². The fourth-order valence-electron chi connectivity index (χ4n) is 4.07. The summed E-state index contributed by atoms with van der Waals surface area (Å²) in [6, 6.07) is 11.3. The SMILES string of the molecule is CC(OCc1ccccc1)C1CCC(C2CCCN2)CC1. The third kappa shape index (κ3) is 4.08. The molecule has 2 aliphatic rings. The highest BCUT2D eigenvalue weighted by Crippen LogP contribution is 2.35. The van der Waals surface area contributed by atoms with Gasteiger partial charge in [0, 0.05) is 6.04 Å². The van der Waals surface area contributed by atoms with E-state index in [4.69, 9.17) is 4.74 Å². The van der Waals surface area contributed by atoms with Gasteiger partial charge in [-0.05, 0) is 69.4 Å². The monoisotopic (exact) mass is 287 g/mol. The van der Waals surface area contributed by atoms with E-state index >= 15 is 0 Å². The number of rotatable bonds is 5. The molecule has 2 fully saturated rings. The predicted molar refractivity (Wildman–Crippen MR) is 87.2 cm³/mol. The molecule has 0 amide bonds. The smallest absolute Gasteiger partial charge is 0.0720 e. The second kappa shape index (κ2) is 7.42. The molecule has 1 saturated heterocycles. The summed E-state index contributed by atoms with van der Waals surface area (Å²) in [5, 5.41) is 3.69. The molecule has 3 rings (SSSR count). The summed E-state index contributed by atoms with van der Waals surface area (Å²) in [6.45, 7) is 4.26. The molecule has 2 unspecified atom stereocenters. The van der Waals surface area contributed by atoms with Gasteiger partial charge in [0.1, 0.15) is 0 Å². The van der Waals surface area contributed by atoms with Gasteiger partial charge in [-0.1, -0.05) is 30.3 Å². The Bertz CT molecular complexity index is 405. The molecule has 0 radical (unpaired) electrons. The maximum atomic E-state index is 6.11. The fourth-order valence-corrected chi connectivity index (χ4v) is 4.07. The van der Waals surface area contributed by atoms with Crippen LogP contribution in [0.2, 0.25) is 0 Å². The molecule has 2 atom stereocenters. The van der Waals surface area contributed by atoms with Crippen molar-refractivity contribution in [2.24, 2.45) is 11.8 Å². The quantitative estimate of drug-likeness (QED) is 0.878. The Morgan fingerprint density at radius 2 is 1.86 bits per heavy atom. The van der Waals surface area contributed by atoms with Crippen molar-refractivity contribution in [3.63, 3.8) is 0 Å². The van der Waals surface area contributed by atoms with E-state index < -0.39 is 0 Å². The molecule has 1 heterocycles. The zero-order valence-electron chi connectivity index (χ0n) is 13.3. The van der Waals surface area contributed by atoms with E-state index in [-0.39, 0.29) is 0 Å². The first-order valence-electron chi connectivity index (χ1n) is 8.72. The fraction of sp³-hybridized carbons (Fsp3) is 0.684. The summed E-state index contributed by atoms with van der Waals surface area (Å²) in [7, 11) is 0. The molecule has 116 valence electrons. The van der Waals surface area contributed by atoms with Gasteiger partial charge in [-0.3, -0.25) is 0 Å². The van der Waals surface area contributed by atoms with Gasteiger partial charge in [-0.2, -0.15) is 0 Å². The lowest BCUT2D eigenvalue weighted by atomic mass is 9.76. The largest absolute Gasteiger partial charge is 0.374 e. The third-order valence-corrected chi connectivity index (χ3v) is 5.50. The second-order valence-electron chi connectivity index (χ2n) is 6.88. The Morgan fingerprint density at radius 1 is 1.10 bits per heavy atom.